The molecule has 0 spiro atoms. The van der Waals surface area contributed by atoms with Crippen LogP contribution >= 0.6 is 0 Å². The zero-order chi connectivity index (χ0) is 18.8. The van der Waals surface area contributed by atoms with Crippen LogP contribution in [0.15, 0.2) is 36.4 Å². The first kappa shape index (κ1) is 18.6. The van der Waals surface area contributed by atoms with Crippen LogP contribution in [-0.2, 0) is 28.9 Å². The third kappa shape index (κ3) is 3.51. The molecule has 0 radical (unpaired) electrons. The van der Waals surface area contributed by atoms with Crippen molar-refractivity contribution in [2.24, 2.45) is 5.92 Å². The number of Topliss-reactive ketones (excluding diaryl/α,β-unsaturated/α-hetero) is 2. The Hall–Kier alpha value is -2.22. The number of hydrogen-bond donors (Lipinski definition) is 0. The smallest absolute Gasteiger partial charge is 0.151 e. The molecule has 0 aliphatic heterocycles. The zero-order valence-electron chi connectivity index (χ0n) is 16.3. The summed E-state index contributed by atoms with van der Waals surface area (Å²) in [6.45, 7) is 8.34. The molecule has 1 aliphatic carbocycles. The Balaban J connectivity index is 1.93. The summed E-state index contributed by atoms with van der Waals surface area (Å²) in [6, 6.07) is 12.6. The van der Waals surface area contributed by atoms with E-state index in [4.69, 9.17) is 0 Å². The Bertz CT molecular complexity index is 805. The molecule has 0 amide bonds. The lowest BCUT2D eigenvalue weighted by Crippen LogP contribution is -2.20. The number of benzene rings is 2. The van der Waals surface area contributed by atoms with Crippen LogP contribution in [0.5, 0.6) is 0 Å². The Morgan fingerprint density at radius 3 is 2.00 bits per heavy atom. The van der Waals surface area contributed by atoms with Gasteiger partial charge < -0.3 is 0 Å². The van der Waals surface area contributed by atoms with E-state index >= 15 is 0 Å². The maximum absolute atomic E-state index is 13.2. The van der Waals surface area contributed by atoms with E-state index in [-0.39, 0.29) is 17.5 Å². The number of rotatable bonds is 5. The van der Waals surface area contributed by atoms with Crippen LogP contribution in [0.3, 0.4) is 0 Å². The first-order valence-electron chi connectivity index (χ1n) is 9.68. The van der Waals surface area contributed by atoms with E-state index in [2.05, 4.69) is 64.1 Å². The van der Waals surface area contributed by atoms with Gasteiger partial charge in [-0.1, -0.05) is 61.4 Å². The van der Waals surface area contributed by atoms with E-state index in [1.807, 2.05) is 0 Å². The lowest BCUT2D eigenvalue weighted by atomic mass is 9.83. The highest BCUT2D eigenvalue weighted by atomic mass is 16.2. The molecule has 2 atom stereocenters. The highest BCUT2D eigenvalue weighted by Gasteiger charge is 2.43. The molecular formula is C24H28O2. The van der Waals surface area contributed by atoms with E-state index in [9.17, 15) is 9.59 Å². The molecule has 2 nitrogen and oxygen atoms in total. The minimum Gasteiger partial charge on any atom is -0.298 e. The molecule has 2 aromatic rings. The first-order valence-corrected chi connectivity index (χ1v) is 9.68. The molecule has 26 heavy (non-hydrogen) atoms. The van der Waals surface area contributed by atoms with Gasteiger partial charge in [-0.15, -0.1) is 0 Å². The van der Waals surface area contributed by atoms with Gasteiger partial charge in [0, 0.05) is 12.3 Å². The highest BCUT2D eigenvalue weighted by Crippen LogP contribution is 2.38. The van der Waals surface area contributed by atoms with Crippen LogP contribution in [0.1, 0.15) is 59.6 Å². The van der Waals surface area contributed by atoms with Gasteiger partial charge in [-0.25, -0.2) is 0 Å². The molecule has 0 saturated heterocycles. The first-order chi connectivity index (χ1) is 12.4. The second-order valence-electron chi connectivity index (χ2n) is 7.60. The minimum absolute atomic E-state index is 0.0976. The third-order valence-corrected chi connectivity index (χ3v) is 5.61. The van der Waals surface area contributed by atoms with Crippen LogP contribution in [0.25, 0.3) is 0 Å². The largest absolute Gasteiger partial charge is 0.298 e. The molecule has 3 rings (SSSR count). The topological polar surface area (TPSA) is 34.1 Å². The van der Waals surface area contributed by atoms with Gasteiger partial charge in [0.15, 0.2) is 5.78 Å². The second-order valence-corrected chi connectivity index (χ2v) is 7.60. The van der Waals surface area contributed by atoms with Gasteiger partial charge in [0.25, 0.3) is 0 Å². The average molecular weight is 348 g/mol. The minimum atomic E-state index is -0.559. The van der Waals surface area contributed by atoms with E-state index in [1.165, 1.54) is 11.1 Å². The van der Waals surface area contributed by atoms with Crippen molar-refractivity contribution >= 4 is 11.6 Å². The van der Waals surface area contributed by atoms with Crippen LogP contribution < -0.4 is 0 Å². The maximum atomic E-state index is 13.2. The molecule has 0 bridgehead atoms. The Kier molecular flexibility index (Phi) is 5.41. The monoisotopic (exact) mass is 348 g/mol. The molecule has 0 heterocycles. The fourth-order valence-electron chi connectivity index (χ4n) is 4.25. The van der Waals surface area contributed by atoms with Gasteiger partial charge in [-0.3, -0.25) is 9.59 Å². The van der Waals surface area contributed by atoms with Crippen molar-refractivity contribution in [3.8, 4) is 0 Å². The Morgan fingerprint density at radius 2 is 1.46 bits per heavy atom. The average Bonchev–Trinajstić information content (AvgIpc) is 2.89. The van der Waals surface area contributed by atoms with E-state index < -0.39 is 5.92 Å². The Morgan fingerprint density at radius 1 is 0.885 bits per heavy atom. The van der Waals surface area contributed by atoms with Crippen molar-refractivity contribution in [1.29, 1.82) is 0 Å². The van der Waals surface area contributed by atoms with Crippen LogP contribution in [0, 0.1) is 19.8 Å². The lowest BCUT2D eigenvalue weighted by molar-refractivity contribution is -0.124. The summed E-state index contributed by atoms with van der Waals surface area (Å²) in [4.78, 5) is 26.0. The van der Waals surface area contributed by atoms with Crippen LogP contribution in [0.2, 0.25) is 0 Å². The standard InChI is InChI=1S/C24H28O2/c1-5-18-11-16(4)12-19(6-2)22(18)23-21(25)14-20(24(23)26)13-17-9-7-15(3)8-10-17/h7-12,20,23H,5-6,13-14H2,1-4H3. The molecule has 1 aliphatic rings. The quantitative estimate of drug-likeness (QED) is 0.719. The molecule has 0 N–H and O–H groups in total. The van der Waals surface area contributed by atoms with Crippen LogP contribution in [0.4, 0.5) is 0 Å². The number of carbonyl (C=O) groups excluding carboxylic acids is 2. The van der Waals surface area contributed by atoms with Crippen molar-refractivity contribution in [3.05, 3.63) is 69.8 Å². The molecular weight excluding hydrogens is 320 g/mol. The van der Waals surface area contributed by atoms with Gasteiger partial charge in [0.1, 0.15) is 11.7 Å². The lowest BCUT2D eigenvalue weighted by Gasteiger charge is -2.19. The van der Waals surface area contributed by atoms with Gasteiger partial charge in [0.2, 0.25) is 0 Å². The SMILES string of the molecule is CCc1cc(C)cc(CC)c1C1C(=O)CC(Cc2ccc(C)cc2)C1=O. The number of ketones is 2. The number of hydrogen-bond acceptors (Lipinski definition) is 2. The highest BCUT2D eigenvalue weighted by molar-refractivity contribution is 6.15. The van der Waals surface area contributed by atoms with Crippen molar-refractivity contribution in [2.75, 3.05) is 0 Å². The molecule has 2 aromatic carbocycles. The van der Waals surface area contributed by atoms with Crippen molar-refractivity contribution in [2.45, 2.75) is 59.3 Å². The summed E-state index contributed by atoms with van der Waals surface area (Å²) < 4.78 is 0. The molecule has 136 valence electrons. The normalized spacial score (nSPS) is 20.0. The van der Waals surface area contributed by atoms with Gasteiger partial charge in [-0.2, -0.15) is 0 Å². The Labute approximate surface area is 156 Å². The summed E-state index contributed by atoms with van der Waals surface area (Å²) in [5.41, 5.74) is 6.87. The molecule has 2 heteroatoms. The van der Waals surface area contributed by atoms with Crippen molar-refractivity contribution in [3.63, 3.8) is 0 Å². The van der Waals surface area contributed by atoms with E-state index in [0.717, 1.165) is 35.1 Å². The van der Waals surface area contributed by atoms with Gasteiger partial charge >= 0.3 is 0 Å². The zero-order valence-corrected chi connectivity index (χ0v) is 16.3. The number of aryl methyl sites for hydroxylation is 4. The number of carbonyl (C=O) groups is 2. The summed E-state index contributed by atoms with van der Waals surface area (Å²) in [7, 11) is 0. The van der Waals surface area contributed by atoms with E-state index in [1.54, 1.807) is 0 Å². The van der Waals surface area contributed by atoms with Gasteiger partial charge in [-0.05, 0) is 55.4 Å². The second kappa shape index (κ2) is 7.57. The molecule has 1 saturated carbocycles. The third-order valence-electron chi connectivity index (χ3n) is 5.61. The fourth-order valence-corrected chi connectivity index (χ4v) is 4.25. The summed E-state index contributed by atoms with van der Waals surface area (Å²) >= 11 is 0. The fraction of sp³-hybridized carbons (Fsp3) is 0.417. The maximum Gasteiger partial charge on any atom is 0.151 e. The molecule has 1 fully saturated rings. The predicted octanol–water partition coefficient (Wildman–Crippen LogP) is 4.91. The summed E-state index contributed by atoms with van der Waals surface area (Å²) in [5.74, 6) is -0.536. The van der Waals surface area contributed by atoms with Crippen LogP contribution in [-0.4, -0.2) is 11.6 Å². The van der Waals surface area contributed by atoms with E-state index in [0.29, 0.717) is 12.8 Å². The molecule has 2 unspecified atom stereocenters. The van der Waals surface area contributed by atoms with Gasteiger partial charge in [0.05, 0.1) is 0 Å². The van der Waals surface area contributed by atoms with Crippen molar-refractivity contribution in [1.82, 2.24) is 0 Å². The summed E-state index contributed by atoms with van der Waals surface area (Å²) in [6.07, 6.45) is 2.74. The predicted molar refractivity (Wildman–Crippen MR) is 106 cm³/mol. The van der Waals surface area contributed by atoms with Crippen molar-refractivity contribution < 1.29 is 9.59 Å². The summed E-state index contributed by atoms with van der Waals surface area (Å²) in [5, 5.41) is 0. The molecule has 0 aromatic heterocycles.